The summed E-state index contributed by atoms with van der Waals surface area (Å²) in [4.78, 5) is 40.4. The van der Waals surface area contributed by atoms with Gasteiger partial charge in [0.2, 0.25) is 11.8 Å². The van der Waals surface area contributed by atoms with E-state index in [1.54, 1.807) is 13.0 Å². The van der Waals surface area contributed by atoms with Crippen molar-refractivity contribution in [2.45, 2.75) is 13.8 Å². The zero-order chi connectivity index (χ0) is 22.6. The van der Waals surface area contributed by atoms with Crippen LogP contribution in [0.4, 0.5) is 5.69 Å². The third kappa shape index (κ3) is 2.95. The van der Waals surface area contributed by atoms with Crippen LogP contribution >= 0.6 is 11.6 Å². The molecule has 0 spiro atoms. The third-order valence-corrected chi connectivity index (χ3v) is 7.09. The first-order valence-electron chi connectivity index (χ1n) is 10.7. The SMILES string of the molecule is CCOC(=O)c1cc(N2C(=O)[C@H]3[C@H](C2=O)[C@H]2C=C[C@H]3C2=C(C)c2ccccc2)ccc1Cl. The van der Waals surface area contributed by atoms with Gasteiger partial charge in [-0.2, -0.15) is 0 Å². The first kappa shape index (κ1) is 20.7. The third-order valence-electron chi connectivity index (χ3n) is 6.76. The predicted molar refractivity (Wildman–Crippen MR) is 122 cm³/mol. The highest BCUT2D eigenvalue weighted by Gasteiger charge is 2.62. The van der Waals surface area contributed by atoms with Crippen LogP contribution in [-0.2, 0) is 14.3 Å². The minimum atomic E-state index is -0.580. The van der Waals surface area contributed by atoms with Crippen LogP contribution in [0.15, 0.2) is 66.3 Å². The summed E-state index contributed by atoms with van der Waals surface area (Å²) in [6.07, 6.45) is 4.13. The average molecular weight is 448 g/mol. The van der Waals surface area contributed by atoms with Crippen LogP contribution in [0.2, 0.25) is 5.02 Å². The van der Waals surface area contributed by atoms with Crippen molar-refractivity contribution >= 4 is 40.6 Å². The molecule has 5 rings (SSSR count). The average Bonchev–Trinajstić information content (AvgIpc) is 3.44. The van der Waals surface area contributed by atoms with Gasteiger partial charge in [-0.3, -0.25) is 9.59 Å². The number of carbonyl (C=O) groups is 3. The molecule has 1 saturated heterocycles. The second-order valence-electron chi connectivity index (χ2n) is 8.33. The topological polar surface area (TPSA) is 63.7 Å². The van der Waals surface area contributed by atoms with Crippen LogP contribution in [0.25, 0.3) is 5.57 Å². The lowest BCUT2D eigenvalue weighted by Gasteiger charge is -2.20. The van der Waals surface area contributed by atoms with Gasteiger partial charge < -0.3 is 4.74 Å². The molecule has 0 aromatic heterocycles. The molecule has 2 aromatic carbocycles. The van der Waals surface area contributed by atoms with Crippen LogP contribution in [0, 0.1) is 23.7 Å². The van der Waals surface area contributed by atoms with Gasteiger partial charge in [0.05, 0.1) is 34.7 Å². The number of imide groups is 1. The van der Waals surface area contributed by atoms with Crippen molar-refractivity contribution in [2.24, 2.45) is 23.7 Å². The second-order valence-corrected chi connectivity index (χ2v) is 8.74. The number of hydrogen-bond donors (Lipinski definition) is 0. The second kappa shape index (κ2) is 7.75. The highest BCUT2D eigenvalue weighted by molar-refractivity contribution is 6.34. The maximum absolute atomic E-state index is 13.5. The Morgan fingerprint density at radius 1 is 1.00 bits per heavy atom. The van der Waals surface area contributed by atoms with E-state index in [0.717, 1.165) is 16.7 Å². The molecule has 1 aliphatic heterocycles. The molecule has 2 aliphatic carbocycles. The quantitative estimate of drug-likeness (QED) is 0.379. The number of ether oxygens (including phenoxy) is 1. The van der Waals surface area contributed by atoms with Gasteiger partial charge in [-0.1, -0.05) is 59.7 Å². The van der Waals surface area contributed by atoms with Gasteiger partial charge >= 0.3 is 5.97 Å². The van der Waals surface area contributed by atoms with Crippen molar-refractivity contribution in [1.82, 2.24) is 0 Å². The Hall–Kier alpha value is -3.18. The van der Waals surface area contributed by atoms with Crippen molar-refractivity contribution in [3.63, 3.8) is 0 Å². The molecule has 4 atom stereocenters. The zero-order valence-electron chi connectivity index (χ0n) is 17.7. The lowest BCUT2D eigenvalue weighted by atomic mass is 9.85. The van der Waals surface area contributed by atoms with E-state index in [1.807, 2.05) is 18.2 Å². The van der Waals surface area contributed by atoms with E-state index in [0.29, 0.717) is 5.69 Å². The van der Waals surface area contributed by atoms with E-state index in [4.69, 9.17) is 16.3 Å². The maximum atomic E-state index is 13.5. The summed E-state index contributed by atoms with van der Waals surface area (Å²) >= 11 is 6.17. The van der Waals surface area contributed by atoms with E-state index in [9.17, 15) is 14.4 Å². The number of rotatable bonds is 4. The van der Waals surface area contributed by atoms with Crippen molar-refractivity contribution in [2.75, 3.05) is 11.5 Å². The van der Waals surface area contributed by atoms with Gasteiger partial charge in [0.15, 0.2) is 0 Å². The number of amides is 2. The van der Waals surface area contributed by atoms with E-state index in [2.05, 4.69) is 31.2 Å². The smallest absolute Gasteiger partial charge is 0.339 e. The number of anilines is 1. The van der Waals surface area contributed by atoms with E-state index < -0.39 is 17.8 Å². The highest BCUT2D eigenvalue weighted by atomic mass is 35.5. The lowest BCUT2D eigenvalue weighted by Crippen LogP contribution is -2.33. The van der Waals surface area contributed by atoms with E-state index in [1.165, 1.54) is 17.0 Å². The molecule has 2 bridgehead atoms. The molecule has 2 fully saturated rings. The highest BCUT2D eigenvalue weighted by Crippen LogP contribution is 2.58. The van der Waals surface area contributed by atoms with Gasteiger partial charge in [0.25, 0.3) is 0 Å². The Kier molecular flexibility index (Phi) is 5.01. The van der Waals surface area contributed by atoms with Crippen LogP contribution in [0.3, 0.4) is 0 Å². The molecule has 1 heterocycles. The predicted octanol–water partition coefficient (Wildman–Crippen LogP) is 4.91. The molecule has 6 heteroatoms. The lowest BCUT2D eigenvalue weighted by molar-refractivity contribution is -0.122. The number of nitrogens with zero attached hydrogens (tertiary/aromatic N) is 1. The monoisotopic (exact) mass is 447 g/mol. The Bertz CT molecular complexity index is 1170. The molecular formula is C26H22ClNO4. The molecule has 2 amide bonds. The number of halogens is 1. The minimum absolute atomic E-state index is 0.0940. The molecule has 32 heavy (non-hydrogen) atoms. The number of carbonyl (C=O) groups excluding carboxylic acids is 3. The molecule has 0 N–H and O–H groups in total. The van der Waals surface area contributed by atoms with Gasteiger partial charge in [-0.15, -0.1) is 0 Å². The zero-order valence-corrected chi connectivity index (χ0v) is 18.5. The number of esters is 1. The minimum Gasteiger partial charge on any atom is -0.462 e. The van der Waals surface area contributed by atoms with E-state index >= 15 is 0 Å². The summed E-state index contributed by atoms with van der Waals surface area (Å²) in [5.74, 6) is -2.07. The number of hydrogen-bond acceptors (Lipinski definition) is 4. The Morgan fingerprint density at radius 2 is 1.62 bits per heavy atom. The molecule has 3 aliphatic rings. The largest absolute Gasteiger partial charge is 0.462 e. The fraction of sp³-hybridized carbons (Fsp3) is 0.269. The molecule has 5 nitrogen and oxygen atoms in total. The number of benzene rings is 2. The summed E-state index contributed by atoms with van der Waals surface area (Å²) < 4.78 is 5.05. The molecule has 162 valence electrons. The van der Waals surface area contributed by atoms with Crippen molar-refractivity contribution in [3.8, 4) is 0 Å². The Labute approximate surface area is 191 Å². The Morgan fingerprint density at radius 3 is 2.22 bits per heavy atom. The van der Waals surface area contributed by atoms with Gasteiger partial charge in [-0.05, 0) is 43.2 Å². The van der Waals surface area contributed by atoms with Crippen LogP contribution in [0.1, 0.15) is 29.8 Å². The summed E-state index contributed by atoms with van der Waals surface area (Å²) in [7, 11) is 0. The van der Waals surface area contributed by atoms with Crippen LogP contribution in [0.5, 0.6) is 0 Å². The van der Waals surface area contributed by atoms with Gasteiger partial charge in [0, 0.05) is 11.8 Å². The van der Waals surface area contributed by atoms with Crippen molar-refractivity contribution in [3.05, 3.63) is 82.4 Å². The van der Waals surface area contributed by atoms with E-state index in [-0.39, 0.29) is 40.8 Å². The Balaban J connectivity index is 1.51. The maximum Gasteiger partial charge on any atom is 0.339 e. The fourth-order valence-corrected chi connectivity index (χ4v) is 5.58. The molecule has 2 aromatic rings. The summed E-state index contributed by atoms with van der Waals surface area (Å²) in [6.45, 7) is 3.97. The van der Waals surface area contributed by atoms with Crippen molar-refractivity contribution < 1.29 is 19.1 Å². The number of fused-ring (bicyclic) bond motifs is 5. The fourth-order valence-electron chi connectivity index (χ4n) is 5.39. The molecular weight excluding hydrogens is 426 g/mol. The molecule has 1 saturated carbocycles. The molecule has 0 radical (unpaired) electrons. The van der Waals surface area contributed by atoms with Crippen molar-refractivity contribution in [1.29, 1.82) is 0 Å². The van der Waals surface area contributed by atoms with Crippen LogP contribution < -0.4 is 4.90 Å². The summed E-state index contributed by atoms with van der Waals surface area (Å²) in [5.41, 5.74) is 3.89. The van der Waals surface area contributed by atoms with Crippen LogP contribution in [-0.4, -0.2) is 24.4 Å². The standard InChI is InChI=1S/C26H22ClNO4/c1-3-32-26(31)19-13-16(9-12-20(19)27)28-24(29)22-17-10-11-18(23(22)25(28)30)21(17)14(2)15-7-5-4-6-8-15/h4-13,17-18,22-23H,3H2,1-2H3/t17-,18-,22+,23+/m0/s1. The number of allylic oxidation sites excluding steroid dienone is 4. The first-order valence-corrected chi connectivity index (χ1v) is 11.1. The normalized spacial score (nSPS) is 25.5. The van der Waals surface area contributed by atoms with Gasteiger partial charge in [0.1, 0.15) is 0 Å². The molecule has 0 unspecified atom stereocenters. The summed E-state index contributed by atoms with van der Waals surface area (Å²) in [6, 6.07) is 14.7. The van der Waals surface area contributed by atoms with Gasteiger partial charge in [-0.25, -0.2) is 9.69 Å². The summed E-state index contributed by atoms with van der Waals surface area (Å²) in [5, 5.41) is 0.219. The first-order chi connectivity index (χ1) is 15.4.